The Kier molecular flexibility index (Phi) is 4.82. The van der Waals surface area contributed by atoms with Crippen LogP contribution in [0.25, 0.3) is 5.65 Å². The smallest absolute Gasteiger partial charge is 0.229 e. The number of nitrogens with one attached hydrogen (secondary N) is 2. The Morgan fingerprint density at radius 1 is 0.914 bits per heavy atom. The van der Waals surface area contributed by atoms with Crippen molar-refractivity contribution < 1.29 is 4.79 Å². The number of imidazole rings is 1. The number of hydrogen-bond donors (Lipinski definition) is 2. The van der Waals surface area contributed by atoms with Gasteiger partial charge in [0.25, 0.3) is 0 Å². The topological polar surface area (TPSA) is 84.2 Å². The third-order valence-corrected chi connectivity index (χ3v) is 7.46. The van der Waals surface area contributed by atoms with E-state index in [0.29, 0.717) is 24.1 Å². The van der Waals surface area contributed by atoms with Gasteiger partial charge in [0.2, 0.25) is 5.91 Å². The molecule has 0 bridgehead atoms. The summed E-state index contributed by atoms with van der Waals surface area (Å²) in [5.74, 6) is 2.98. The molecule has 35 heavy (non-hydrogen) atoms. The van der Waals surface area contributed by atoms with Crippen molar-refractivity contribution in [3.05, 3.63) is 83.6 Å². The van der Waals surface area contributed by atoms with Crippen LogP contribution in [0.15, 0.2) is 61.2 Å². The van der Waals surface area contributed by atoms with E-state index >= 15 is 0 Å². The quantitative estimate of drug-likeness (QED) is 0.373. The number of nitrogens with zero attached hydrogens (tertiary/aromatic N) is 4. The molecule has 3 saturated carbocycles. The van der Waals surface area contributed by atoms with Crippen LogP contribution in [0.5, 0.6) is 0 Å². The number of hydrogen-bond acceptors (Lipinski definition) is 5. The first-order chi connectivity index (χ1) is 17.2. The highest BCUT2D eigenvalue weighted by atomic mass is 16.2. The van der Waals surface area contributed by atoms with E-state index in [9.17, 15) is 4.79 Å². The number of anilines is 2. The van der Waals surface area contributed by atoms with Gasteiger partial charge in [0.15, 0.2) is 0 Å². The number of carbonyl (C=O) groups excluding carboxylic acids is 1. The Balaban J connectivity index is 0.973. The molecule has 7 heteroatoms. The van der Waals surface area contributed by atoms with E-state index < -0.39 is 0 Å². The Bertz CT molecular complexity index is 1420. The number of benzene rings is 1. The van der Waals surface area contributed by atoms with Crippen LogP contribution >= 0.6 is 0 Å². The molecule has 2 atom stereocenters. The zero-order valence-corrected chi connectivity index (χ0v) is 19.5. The van der Waals surface area contributed by atoms with Crippen LogP contribution in [-0.4, -0.2) is 25.3 Å². The predicted molar refractivity (Wildman–Crippen MR) is 134 cm³/mol. The summed E-state index contributed by atoms with van der Waals surface area (Å²) in [4.78, 5) is 26.1. The van der Waals surface area contributed by atoms with Gasteiger partial charge in [-0.05, 0) is 72.6 Å². The summed E-state index contributed by atoms with van der Waals surface area (Å²) in [5, 5.41) is 6.30. The van der Waals surface area contributed by atoms with Gasteiger partial charge in [0.05, 0.1) is 12.2 Å². The molecule has 0 saturated heterocycles. The van der Waals surface area contributed by atoms with Crippen LogP contribution in [0.4, 0.5) is 11.6 Å². The number of fused-ring (bicyclic) bond motifs is 1. The average Bonchev–Trinajstić information content (AvgIpc) is 3.75. The number of aromatic nitrogens is 4. The van der Waals surface area contributed by atoms with Crippen molar-refractivity contribution in [2.24, 2.45) is 5.92 Å². The normalized spacial score (nSPS) is 21.1. The lowest BCUT2D eigenvalue weighted by atomic mass is 10.0. The van der Waals surface area contributed by atoms with Crippen LogP contribution in [-0.2, 0) is 11.3 Å². The lowest BCUT2D eigenvalue weighted by Crippen LogP contribution is -2.16. The zero-order chi connectivity index (χ0) is 23.4. The van der Waals surface area contributed by atoms with E-state index in [-0.39, 0.29) is 11.8 Å². The predicted octanol–water partition coefficient (Wildman–Crippen LogP) is 5.23. The molecule has 7 rings (SSSR count). The lowest BCUT2D eigenvalue weighted by Gasteiger charge is -2.08. The molecule has 0 radical (unpaired) electrons. The first-order valence-corrected chi connectivity index (χ1v) is 12.6. The van der Waals surface area contributed by atoms with E-state index in [1.165, 1.54) is 48.7 Å². The van der Waals surface area contributed by atoms with Crippen LogP contribution in [0.1, 0.15) is 72.2 Å². The number of rotatable bonds is 8. The maximum absolute atomic E-state index is 12.9. The monoisotopic (exact) mass is 464 g/mol. The SMILES string of the molecule is O=C(Nc1cc(NCc2cn3cc(C4CC4)ccc3n2)ncn1)[C@H]1C[C@@H]1c1cccc(C2CC2)c1. The molecule has 3 fully saturated rings. The van der Waals surface area contributed by atoms with Crippen LogP contribution in [0.2, 0.25) is 0 Å². The fraction of sp³-hybridized carbons (Fsp3) is 0.357. The summed E-state index contributed by atoms with van der Waals surface area (Å²) in [6, 6.07) is 14.9. The first-order valence-electron chi connectivity index (χ1n) is 12.6. The lowest BCUT2D eigenvalue weighted by molar-refractivity contribution is -0.117. The van der Waals surface area contributed by atoms with E-state index in [1.54, 1.807) is 6.07 Å². The van der Waals surface area contributed by atoms with E-state index in [2.05, 4.69) is 73.8 Å². The van der Waals surface area contributed by atoms with Gasteiger partial charge >= 0.3 is 0 Å². The standard InChI is InChI=1S/C28H28N6O/c35-28(24-11-23(24)20-3-1-2-19(10-20)17-4-5-17)33-26-12-25(30-16-31-26)29-13-22-15-34-14-21(18-6-7-18)8-9-27(34)32-22/h1-3,8-10,12,14-18,23-24H,4-7,11,13H2,(H2,29,30,31,33,35)/t23-,24+/m1/s1. The molecule has 3 aliphatic carbocycles. The molecule has 1 amide bonds. The van der Waals surface area contributed by atoms with Crippen LogP contribution in [0, 0.1) is 5.92 Å². The summed E-state index contributed by atoms with van der Waals surface area (Å²) < 4.78 is 2.10. The molecule has 1 aromatic carbocycles. The summed E-state index contributed by atoms with van der Waals surface area (Å²) in [7, 11) is 0. The van der Waals surface area contributed by atoms with Gasteiger partial charge in [-0.1, -0.05) is 30.3 Å². The van der Waals surface area contributed by atoms with Crippen LogP contribution in [0.3, 0.4) is 0 Å². The zero-order valence-electron chi connectivity index (χ0n) is 19.5. The molecule has 2 N–H and O–H groups in total. The fourth-order valence-electron chi connectivity index (χ4n) is 5.04. The third-order valence-electron chi connectivity index (χ3n) is 7.46. The highest BCUT2D eigenvalue weighted by Gasteiger charge is 2.44. The number of carbonyl (C=O) groups is 1. The van der Waals surface area contributed by atoms with Crippen molar-refractivity contribution in [2.45, 2.75) is 56.4 Å². The van der Waals surface area contributed by atoms with E-state index in [0.717, 1.165) is 29.6 Å². The van der Waals surface area contributed by atoms with Crippen molar-refractivity contribution in [1.29, 1.82) is 0 Å². The maximum Gasteiger partial charge on any atom is 0.229 e. The maximum atomic E-state index is 12.9. The fourth-order valence-corrected chi connectivity index (χ4v) is 5.04. The van der Waals surface area contributed by atoms with Gasteiger partial charge in [-0.15, -0.1) is 0 Å². The third kappa shape index (κ3) is 4.38. The van der Waals surface area contributed by atoms with Crippen molar-refractivity contribution in [1.82, 2.24) is 19.4 Å². The average molecular weight is 465 g/mol. The molecule has 3 heterocycles. The minimum absolute atomic E-state index is 0.00864. The Hall–Kier alpha value is -3.74. The van der Waals surface area contributed by atoms with Gasteiger partial charge < -0.3 is 15.0 Å². The second-order valence-corrected chi connectivity index (χ2v) is 10.3. The summed E-state index contributed by atoms with van der Waals surface area (Å²) in [5.41, 5.74) is 5.99. The van der Waals surface area contributed by atoms with Gasteiger partial charge in [-0.2, -0.15) is 0 Å². The molecule has 4 aromatic rings. The summed E-state index contributed by atoms with van der Waals surface area (Å²) in [6.45, 7) is 0.548. The van der Waals surface area contributed by atoms with Gasteiger partial charge in [-0.3, -0.25) is 4.79 Å². The van der Waals surface area contributed by atoms with Crippen molar-refractivity contribution in [3.8, 4) is 0 Å². The number of amides is 1. The van der Waals surface area contributed by atoms with Crippen molar-refractivity contribution in [3.63, 3.8) is 0 Å². The van der Waals surface area contributed by atoms with E-state index in [1.807, 2.05) is 0 Å². The highest BCUT2D eigenvalue weighted by Crippen LogP contribution is 2.49. The van der Waals surface area contributed by atoms with Crippen molar-refractivity contribution in [2.75, 3.05) is 10.6 Å². The van der Waals surface area contributed by atoms with Gasteiger partial charge in [0, 0.05) is 24.4 Å². The molecule has 3 aromatic heterocycles. The number of pyridine rings is 1. The Labute approximate surface area is 204 Å². The first kappa shape index (κ1) is 20.6. The molecular formula is C28H28N6O. The molecule has 0 unspecified atom stereocenters. The second kappa shape index (κ2) is 8.18. The Morgan fingerprint density at radius 2 is 1.71 bits per heavy atom. The molecular weight excluding hydrogens is 436 g/mol. The molecule has 0 spiro atoms. The molecule has 176 valence electrons. The second-order valence-electron chi connectivity index (χ2n) is 10.3. The largest absolute Gasteiger partial charge is 0.364 e. The molecule has 3 aliphatic rings. The minimum Gasteiger partial charge on any atom is -0.364 e. The van der Waals surface area contributed by atoms with Crippen LogP contribution < -0.4 is 10.6 Å². The van der Waals surface area contributed by atoms with Gasteiger partial charge in [-0.25, -0.2) is 15.0 Å². The summed E-state index contributed by atoms with van der Waals surface area (Å²) >= 11 is 0. The highest BCUT2D eigenvalue weighted by molar-refractivity contribution is 5.94. The molecule has 0 aliphatic heterocycles. The molecule has 7 nitrogen and oxygen atoms in total. The van der Waals surface area contributed by atoms with E-state index in [4.69, 9.17) is 4.98 Å². The van der Waals surface area contributed by atoms with Crippen molar-refractivity contribution >= 4 is 23.2 Å². The van der Waals surface area contributed by atoms with Gasteiger partial charge in [0.1, 0.15) is 23.6 Å². The summed E-state index contributed by atoms with van der Waals surface area (Å²) in [6.07, 6.45) is 11.8. The Morgan fingerprint density at radius 3 is 2.57 bits per heavy atom. The minimum atomic E-state index is 0.00864.